The van der Waals surface area contributed by atoms with Gasteiger partial charge in [-0.2, -0.15) is 0 Å². The molecule has 4 rings (SSSR count). The van der Waals surface area contributed by atoms with Gasteiger partial charge >= 0.3 is 0 Å². The highest BCUT2D eigenvalue weighted by molar-refractivity contribution is 7.17. The number of phenols is 1. The maximum absolute atomic E-state index is 9.41. The van der Waals surface area contributed by atoms with E-state index in [9.17, 15) is 5.11 Å². The first kappa shape index (κ1) is 14.3. The van der Waals surface area contributed by atoms with Gasteiger partial charge < -0.3 is 14.9 Å². The minimum absolute atomic E-state index is 0.309. The van der Waals surface area contributed by atoms with E-state index in [4.69, 9.17) is 0 Å². The number of aryl methyl sites for hydroxylation is 1. The maximum Gasteiger partial charge on any atom is 0.141 e. The number of piperazine rings is 1. The third kappa shape index (κ3) is 2.59. The van der Waals surface area contributed by atoms with Crippen LogP contribution >= 0.6 is 11.3 Å². The second kappa shape index (κ2) is 5.70. The SMILES string of the molecule is Cc1csc2ncnc(N3CCN(c4ccc(O)cc4)CC3)c12. The summed E-state index contributed by atoms with van der Waals surface area (Å²) in [6, 6.07) is 7.42. The fraction of sp³-hybridized carbons (Fsp3) is 0.294. The number of fused-ring (bicyclic) bond motifs is 1. The monoisotopic (exact) mass is 326 g/mol. The average molecular weight is 326 g/mol. The van der Waals surface area contributed by atoms with Crippen LogP contribution in [0.15, 0.2) is 36.0 Å². The molecular weight excluding hydrogens is 308 g/mol. The Hall–Kier alpha value is -2.34. The van der Waals surface area contributed by atoms with E-state index in [2.05, 4.69) is 32.1 Å². The molecule has 1 aliphatic heterocycles. The molecule has 5 nitrogen and oxygen atoms in total. The van der Waals surface area contributed by atoms with E-state index in [1.165, 1.54) is 10.9 Å². The van der Waals surface area contributed by atoms with E-state index in [1.54, 1.807) is 29.8 Å². The molecule has 23 heavy (non-hydrogen) atoms. The van der Waals surface area contributed by atoms with E-state index in [-0.39, 0.29) is 0 Å². The van der Waals surface area contributed by atoms with Crippen LogP contribution in [0.3, 0.4) is 0 Å². The molecular formula is C17H18N4OS. The smallest absolute Gasteiger partial charge is 0.141 e. The van der Waals surface area contributed by atoms with Crippen LogP contribution in [0.5, 0.6) is 5.75 Å². The Morgan fingerprint density at radius 1 is 1.00 bits per heavy atom. The molecule has 0 saturated carbocycles. The molecule has 3 aromatic rings. The zero-order valence-corrected chi connectivity index (χ0v) is 13.8. The Labute approximate surface area is 138 Å². The molecule has 0 spiro atoms. The summed E-state index contributed by atoms with van der Waals surface area (Å²) in [7, 11) is 0. The summed E-state index contributed by atoms with van der Waals surface area (Å²) in [5, 5.41) is 12.8. The van der Waals surface area contributed by atoms with Gasteiger partial charge in [-0.25, -0.2) is 9.97 Å². The number of benzene rings is 1. The Balaban J connectivity index is 1.55. The van der Waals surface area contributed by atoms with Gasteiger partial charge in [0.25, 0.3) is 0 Å². The first-order valence-corrected chi connectivity index (χ1v) is 8.58. The van der Waals surface area contributed by atoms with Crippen molar-refractivity contribution in [3.8, 4) is 5.75 Å². The third-order valence-corrected chi connectivity index (χ3v) is 5.33. The molecule has 1 N–H and O–H groups in total. The molecule has 1 aliphatic rings. The Morgan fingerprint density at radius 3 is 2.43 bits per heavy atom. The number of nitrogens with zero attached hydrogens (tertiary/aromatic N) is 4. The first-order valence-electron chi connectivity index (χ1n) is 7.70. The lowest BCUT2D eigenvalue weighted by atomic mass is 10.2. The van der Waals surface area contributed by atoms with Crippen LogP contribution < -0.4 is 9.80 Å². The Bertz CT molecular complexity index is 822. The normalized spacial score (nSPS) is 15.3. The van der Waals surface area contributed by atoms with Crippen LogP contribution in [0.1, 0.15) is 5.56 Å². The Morgan fingerprint density at radius 2 is 1.70 bits per heavy atom. The van der Waals surface area contributed by atoms with Gasteiger partial charge in [0.15, 0.2) is 0 Å². The average Bonchev–Trinajstić information content (AvgIpc) is 2.97. The molecule has 0 unspecified atom stereocenters. The number of thiophene rings is 1. The summed E-state index contributed by atoms with van der Waals surface area (Å²) >= 11 is 1.68. The van der Waals surface area contributed by atoms with E-state index < -0.39 is 0 Å². The van der Waals surface area contributed by atoms with Crippen molar-refractivity contribution in [3.05, 3.63) is 41.5 Å². The second-order valence-corrected chi connectivity index (χ2v) is 6.64. The van der Waals surface area contributed by atoms with Crippen LogP contribution in [0.2, 0.25) is 0 Å². The number of hydrogen-bond donors (Lipinski definition) is 1. The number of anilines is 2. The highest BCUT2D eigenvalue weighted by Crippen LogP contribution is 2.31. The summed E-state index contributed by atoms with van der Waals surface area (Å²) in [4.78, 5) is 14.7. The summed E-state index contributed by atoms with van der Waals surface area (Å²) < 4.78 is 0. The van der Waals surface area contributed by atoms with Gasteiger partial charge in [-0.05, 0) is 42.1 Å². The van der Waals surface area contributed by atoms with Crippen LogP contribution in [-0.2, 0) is 0 Å². The van der Waals surface area contributed by atoms with Crippen LogP contribution in [0.25, 0.3) is 10.2 Å². The van der Waals surface area contributed by atoms with Gasteiger partial charge in [0.2, 0.25) is 0 Å². The van der Waals surface area contributed by atoms with E-state index >= 15 is 0 Å². The minimum atomic E-state index is 0.309. The van der Waals surface area contributed by atoms with E-state index in [0.29, 0.717) is 5.75 Å². The van der Waals surface area contributed by atoms with Crippen molar-refractivity contribution < 1.29 is 5.11 Å². The molecule has 1 aromatic carbocycles. The number of rotatable bonds is 2. The summed E-state index contributed by atoms with van der Waals surface area (Å²) in [6.07, 6.45) is 1.67. The summed E-state index contributed by atoms with van der Waals surface area (Å²) in [6.45, 7) is 5.88. The minimum Gasteiger partial charge on any atom is -0.508 e. The lowest BCUT2D eigenvalue weighted by molar-refractivity contribution is 0.475. The predicted molar refractivity (Wildman–Crippen MR) is 94.7 cm³/mol. The molecule has 0 amide bonds. The van der Waals surface area contributed by atoms with Gasteiger partial charge in [0.05, 0.1) is 5.39 Å². The fourth-order valence-corrected chi connectivity index (χ4v) is 3.96. The predicted octanol–water partition coefficient (Wildman–Crippen LogP) is 3.03. The maximum atomic E-state index is 9.41. The van der Waals surface area contributed by atoms with Crippen molar-refractivity contribution >= 4 is 33.1 Å². The molecule has 0 bridgehead atoms. The molecule has 3 heterocycles. The van der Waals surface area contributed by atoms with Gasteiger partial charge in [-0.3, -0.25) is 0 Å². The molecule has 0 atom stereocenters. The molecule has 0 aliphatic carbocycles. The van der Waals surface area contributed by atoms with Crippen LogP contribution in [0.4, 0.5) is 11.5 Å². The highest BCUT2D eigenvalue weighted by Gasteiger charge is 2.21. The van der Waals surface area contributed by atoms with E-state index in [1.807, 2.05) is 12.1 Å². The molecule has 0 radical (unpaired) electrons. The van der Waals surface area contributed by atoms with Crippen molar-refractivity contribution in [2.45, 2.75) is 6.92 Å². The number of aromatic hydroxyl groups is 1. The van der Waals surface area contributed by atoms with Crippen LogP contribution in [0, 0.1) is 6.92 Å². The number of aromatic nitrogens is 2. The molecule has 1 fully saturated rings. The van der Waals surface area contributed by atoms with Crippen molar-refractivity contribution in [2.24, 2.45) is 0 Å². The zero-order chi connectivity index (χ0) is 15.8. The lowest BCUT2D eigenvalue weighted by Crippen LogP contribution is -2.46. The van der Waals surface area contributed by atoms with Crippen molar-refractivity contribution in [3.63, 3.8) is 0 Å². The van der Waals surface area contributed by atoms with Crippen LogP contribution in [-0.4, -0.2) is 41.3 Å². The molecule has 2 aromatic heterocycles. The molecule has 118 valence electrons. The third-order valence-electron chi connectivity index (χ3n) is 4.33. The van der Waals surface area contributed by atoms with E-state index in [0.717, 1.165) is 42.5 Å². The highest BCUT2D eigenvalue weighted by atomic mass is 32.1. The lowest BCUT2D eigenvalue weighted by Gasteiger charge is -2.37. The molecule has 1 saturated heterocycles. The van der Waals surface area contributed by atoms with Crippen molar-refractivity contribution in [1.29, 1.82) is 0 Å². The Kier molecular flexibility index (Phi) is 3.53. The number of hydrogen-bond acceptors (Lipinski definition) is 6. The van der Waals surface area contributed by atoms with Crippen molar-refractivity contribution in [2.75, 3.05) is 36.0 Å². The summed E-state index contributed by atoms with van der Waals surface area (Å²) in [5.74, 6) is 1.36. The first-order chi connectivity index (χ1) is 11.2. The van der Waals surface area contributed by atoms with Gasteiger partial charge in [0, 0.05) is 31.9 Å². The number of phenolic OH excluding ortho intramolecular Hbond substituents is 1. The topological polar surface area (TPSA) is 52.5 Å². The van der Waals surface area contributed by atoms with Gasteiger partial charge in [-0.1, -0.05) is 0 Å². The van der Waals surface area contributed by atoms with Crippen molar-refractivity contribution in [1.82, 2.24) is 9.97 Å². The zero-order valence-electron chi connectivity index (χ0n) is 12.9. The largest absolute Gasteiger partial charge is 0.508 e. The van der Waals surface area contributed by atoms with Gasteiger partial charge in [-0.15, -0.1) is 11.3 Å². The standard InChI is InChI=1S/C17H18N4OS/c1-12-10-23-17-15(12)16(18-11-19-17)21-8-6-20(7-9-21)13-2-4-14(22)5-3-13/h2-5,10-11,22H,6-9H2,1H3. The summed E-state index contributed by atoms with van der Waals surface area (Å²) in [5.41, 5.74) is 2.41. The van der Waals surface area contributed by atoms with Gasteiger partial charge in [0.1, 0.15) is 22.7 Å². The second-order valence-electron chi connectivity index (χ2n) is 5.79. The molecule has 6 heteroatoms. The fourth-order valence-electron chi connectivity index (χ4n) is 3.08. The quantitative estimate of drug-likeness (QED) is 0.784.